The first kappa shape index (κ1) is 20.7. The molecule has 1 fully saturated rings. The van der Waals surface area contributed by atoms with E-state index >= 15 is 0 Å². The molecule has 2 atom stereocenters. The predicted octanol–water partition coefficient (Wildman–Crippen LogP) is 1.55. The number of nitrogens with two attached hydrogens (primary N) is 1. The molecule has 1 aliphatic heterocycles. The Hall–Kier alpha value is -1.37. The molecule has 0 bridgehead atoms. The molecule has 24 heavy (non-hydrogen) atoms. The van der Waals surface area contributed by atoms with E-state index in [4.69, 9.17) is 37.0 Å². The van der Waals surface area contributed by atoms with Crippen molar-refractivity contribution in [1.29, 1.82) is 0 Å². The van der Waals surface area contributed by atoms with Gasteiger partial charge < -0.3 is 20.7 Å². The number of rotatable bonds is 7. The quantitative estimate of drug-likeness (QED) is 0.507. The summed E-state index contributed by atoms with van der Waals surface area (Å²) in [4.78, 5) is 18.6. The summed E-state index contributed by atoms with van der Waals surface area (Å²) >= 11 is 5.92. The normalized spacial score (nSPS) is 17.7. The summed E-state index contributed by atoms with van der Waals surface area (Å²) in [5.41, 5.74) is 7.49. The van der Waals surface area contributed by atoms with Gasteiger partial charge in [-0.05, 0) is 49.3 Å². The van der Waals surface area contributed by atoms with Crippen molar-refractivity contribution in [2.45, 2.75) is 38.0 Å². The number of carbonyl (C=O) groups excluding carboxylic acids is 2. The fourth-order valence-corrected chi connectivity index (χ4v) is 3.09. The van der Waals surface area contributed by atoms with E-state index in [0.29, 0.717) is 12.2 Å². The molecule has 0 radical (unpaired) electrons. The van der Waals surface area contributed by atoms with Crippen LogP contribution >= 0.6 is 11.6 Å². The van der Waals surface area contributed by atoms with Gasteiger partial charge in [0.15, 0.2) is 0 Å². The van der Waals surface area contributed by atoms with Crippen molar-refractivity contribution < 1.29 is 19.6 Å². The lowest BCUT2D eigenvalue weighted by Crippen LogP contribution is -2.32. The average molecular weight is 355 g/mol. The molecule has 0 aromatic heterocycles. The van der Waals surface area contributed by atoms with Gasteiger partial charge in [-0.25, -0.2) is 0 Å². The number of hydrogen-bond acceptors (Lipinski definition) is 6. The molecule has 2 rings (SSSR count). The van der Waals surface area contributed by atoms with Gasteiger partial charge in [0, 0.05) is 29.8 Å². The van der Waals surface area contributed by atoms with Gasteiger partial charge in [0.1, 0.15) is 0 Å². The fourth-order valence-electron chi connectivity index (χ4n) is 2.97. The van der Waals surface area contributed by atoms with Crippen molar-refractivity contribution in [3.8, 4) is 0 Å². The fraction of sp³-hybridized carbons (Fsp3) is 0.562. The summed E-state index contributed by atoms with van der Waals surface area (Å²) in [7, 11) is -1.19. The smallest absolute Gasteiger partial charge is 0.427 e. The van der Waals surface area contributed by atoms with Crippen LogP contribution < -0.4 is 10.6 Å². The second-order valence-corrected chi connectivity index (χ2v) is 6.42. The van der Waals surface area contributed by atoms with Crippen LogP contribution in [-0.4, -0.2) is 42.4 Å². The van der Waals surface area contributed by atoms with E-state index < -0.39 is 7.12 Å². The maximum absolute atomic E-state index is 8.82. The van der Waals surface area contributed by atoms with Crippen LogP contribution in [0.15, 0.2) is 24.3 Å². The van der Waals surface area contributed by atoms with Crippen molar-refractivity contribution in [2.24, 2.45) is 11.7 Å². The number of benzene rings is 1. The lowest BCUT2D eigenvalue weighted by atomic mass is 9.82. The third kappa shape index (κ3) is 7.47. The highest BCUT2D eigenvalue weighted by Crippen LogP contribution is 2.27. The Balaban J connectivity index is 0.000000891. The van der Waals surface area contributed by atoms with Gasteiger partial charge in [-0.2, -0.15) is 9.59 Å². The van der Waals surface area contributed by atoms with Crippen LogP contribution in [0.2, 0.25) is 11.3 Å². The zero-order valence-corrected chi connectivity index (χ0v) is 14.4. The highest BCUT2D eigenvalue weighted by molar-refractivity contribution is 6.40. The zero-order chi connectivity index (χ0) is 17.9. The van der Waals surface area contributed by atoms with Crippen molar-refractivity contribution >= 4 is 30.6 Å². The van der Waals surface area contributed by atoms with E-state index in [1.165, 1.54) is 5.69 Å². The molecule has 0 spiro atoms. The highest BCUT2D eigenvalue weighted by Gasteiger charge is 2.27. The summed E-state index contributed by atoms with van der Waals surface area (Å²) in [6.07, 6.45) is 4.53. The van der Waals surface area contributed by atoms with E-state index in [2.05, 4.69) is 17.0 Å². The Morgan fingerprint density at radius 1 is 1.29 bits per heavy atom. The molecule has 8 heteroatoms. The van der Waals surface area contributed by atoms with Crippen LogP contribution in [0.4, 0.5) is 5.69 Å². The van der Waals surface area contributed by atoms with Gasteiger partial charge in [0.2, 0.25) is 0 Å². The van der Waals surface area contributed by atoms with Crippen LogP contribution in [0.25, 0.3) is 0 Å². The van der Waals surface area contributed by atoms with Crippen molar-refractivity contribution in [3.05, 3.63) is 29.3 Å². The van der Waals surface area contributed by atoms with E-state index in [0.717, 1.165) is 43.8 Å². The molecule has 0 saturated carbocycles. The summed E-state index contributed by atoms with van der Waals surface area (Å²) in [5.74, 6) is 0.514. The third-order valence-electron chi connectivity index (χ3n) is 4.27. The Labute approximate surface area is 147 Å². The van der Waals surface area contributed by atoms with Gasteiger partial charge in [-0.3, -0.25) is 0 Å². The van der Waals surface area contributed by atoms with Gasteiger partial charge >= 0.3 is 13.3 Å². The molecule has 0 unspecified atom stereocenters. The Morgan fingerprint density at radius 3 is 2.50 bits per heavy atom. The molecule has 1 heterocycles. The molecule has 4 N–H and O–H groups in total. The van der Waals surface area contributed by atoms with E-state index in [9.17, 15) is 0 Å². The minimum absolute atomic E-state index is 0.193. The van der Waals surface area contributed by atoms with Crippen LogP contribution in [0.1, 0.15) is 25.7 Å². The standard InChI is InChI=1S/C15H24BClN2O2.CO2/c17-13-4-6-14(7-5-13)19-10-8-12(11-19)15(18)3-1-2-9-16(20)21;2-1-3/h4-7,12,15,20-21H,1-3,8-11,18H2;/t12-,15+;/m0./s1. The zero-order valence-electron chi connectivity index (χ0n) is 13.6. The minimum Gasteiger partial charge on any atom is -0.427 e. The second kappa shape index (κ2) is 11.2. The summed E-state index contributed by atoms with van der Waals surface area (Å²) in [6, 6.07) is 8.14. The molecule has 1 aromatic rings. The van der Waals surface area contributed by atoms with Crippen molar-refractivity contribution in [3.63, 3.8) is 0 Å². The Kier molecular flexibility index (Phi) is 9.68. The molecule has 1 aromatic carbocycles. The molecule has 0 amide bonds. The summed E-state index contributed by atoms with van der Waals surface area (Å²) in [5, 5.41) is 18.4. The molecule has 132 valence electrons. The largest absolute Gasteiger partial charge is 0.451 e. The molecule has 6 nitrogen and oxygen atoms in total. The van der Waals surface area contributed by atoms with Crippen LogP contribution in [-0.2, 0) is 9.59 Å². The second-order valence-electron chi connectivity index (χ2n) is 5.98. The van der Waals surface area contributed by atoms with E-state index in [1.54, 1.807) is 0 Å². The lowest BCUT2D eigenvalue weighted by Gasteiger charge is -2.22. The van der Waals surface area contributed by atoms with Crippen LogP contribution in [0.3, 0.4) is 0 Å². The SMILES string of the molecule is N[C@H](CCCCB(O)O)[C@H]1CCN(c2ccc(Cl)cc2)C1.O=C=O. The van der Waals surface area contributed by atoms with Crippen molar-refractivity contribution in [1.82, 2.24) is 0 Å². The third-order valence-corrected chi connectivity index (χ3v) is 4.52. The first-order valence-corrected chi connectivity index (χ1v) is 8.47. The lowest BCUT2D eigenvalue weighted by molar-refractivity contribution is -0.191. The minimum atomic E-state index is -1.19. The molecule has 1 aliphatic rings. The van der Waals surface area contributed by atoms with Gasteiger partial charge in [-0.1, -0.05) is 24.4 Å². The van der Waals surface area contributed by atoms with E-state index in [1.807, 2.05) is 12.1 Å². The average Bonchev–Trinajstić information content (AvgIpc) is 3.03. The van der Waals surface area contributed by atoms with E-state index in [-0.39, 0.29) is 12.2 Å². The molecule has 0 aliphatic carbocycles. The maximum atomic E-state index is 8.82. The molecular weight excluding hydrogens is 330 g/mol. The van der Waals surface area contributed by atoms with Crippen LogP contribution in [0, 0.1) is 5.92 Å². The first-order valence-electron chi connectivity index (χ1n) is 8.09. The van der Waals surface area contributed by atoms with Crippen molar-refractivity contribution in [2.75, 3.05) is 18.0 Å². The van der Waals surface area contributed by atoms with Crippen LogP contribution in [0.5, 0.6) is 0 Å². The van der Waals surface area contributed by atoms with Gasteiger partial charge in [0.25, 0.3) is 0 Å². The number of hydrogen-bond donors (Lipinski definition) is 3. The monoisotopic (exact) mass is 354 g/mol. The highest BCUT2D eigenvalue weighted by atomic mass is 35.5. The molecule has 1 saturated heterocycles. The summed E-state index contributed by atoms with van der Waals surface area (Å²) in [6.45, 7) is 2.03. The number of halogens is 1. The molecular formula is C16H24BClN2O4. The number of anilines is 1. The Morgan fingerprint density at radius 2 is 1.92 bits per heavy atom. The Bertz CT molecular complexity index is 509. The van der Waals surface area contributed by atoms with Gasteiger partial charge in [-0.15, -0.1) is 0 Å². The maximum Gasteiger partial charge on any atom is 0.451 e. The topological polar surface area (TPSA) is 104 Å². The number of unbranched alkanes of at least 4 members (excludes halogenated alkanes) is 1. The first-order chi connectivity index (χ1) is 11.5. The van der Waals surface area contributed by atoms with Gasteiger partial charge in [0.05, 0.1) is 0 Å². The number of nitrogens with zero attached hydrogens (tertiary/aromatic N) is 1. The summed E-state index contributed by atoms with van der Waals surface area (Å²) < 4.78 is 0. The predicted molar refractivity (Wildman–Crippen MR) is 93.6 cm³/mol.